The van der Waals surface area contributed by atoms with Gasteiger partial charge in [0.05, 0.1) is 25.9 Å². The summed E-state index contributed by atoms with van der Waals surface area (Å²) in [5.74, 6) is -1.02. The maximum absolute atomic E-state index is 13.0. The van der Waals surface area contributed by atoms with Gasteiger partial charge >= 0.3 is 5.97 Å². The van der Waals surface area contributed by atoms with E-state index in [1.165, 1.54) is 19.2 Å². The van der Waals surface area contributed by atoms with Crippen molar-refractivity contribution >= 4 is 11.9 Å². The Labute approximate surface area is 134 Å². The molecule has 1 aromatic rings. The number of morpholine rings is 1. The molecule has 23 heavy (non-hydrogen) atoms. The van der Waals surface area contributed by atoms with Gasteiger partial charge in [-0.25, -0.2) is 4.39 Å². The van der Waals surface area contributed by atoms with Crippen molar-refractivity contribution in [3.63, 3.8) is 0 Å². The van der Waals surface area contributed by atoms with Crippen molar-refractivity contribution in [1.29, 1.82) is 0 Å². The van der Waals surface area contributed by atoms with Crippen molar-refractivity contribution in [3.8, 4) is 0 Å². The van der Waals surface area contributed by atoms with Crippen LogP contribution in [0.15, 0.2) is 24.3 Å². The number of benzene rings is 1. The molecule has 0 spiro atoms. The van der Waals surface area contributed by atoms with E-state index in [2.05, 4.69) is 10.1 Å². The van der Waals surface area contributed by atoms with E-state index in [1.807, 2.05) is 4.90 Å². The molecule has 0 aromatic heterocycles. The Hall–Kier alpha value is -1.99. The van der Waals surface area contributed by atoms with Crippen LogP contribution in [0.2, 0.25) is 0 Å². The molecule has 0 unspecified atom stereocenters. The topological polar surface area (TPSA) is 67.9 Å². The summed E-state index contributed by atoms with van der Waals surface area (Å²) in [4.78, 5) is 25.2. The highest BCUT2D eigenvalue weighted by atomic mass is 19.1. The number of amides is 1. The largest absolute Gasteiger partial charge is 0.468 e. The highest BCUT2D eigenvalue weighted by Crippen LogP contribution is 2.23. The molecule has 1 N–H and O–H groups in total. The lowest BCUT2D eigenvalue weighted by molar-refractivity contribution is -0.142. The average Bonchev–Trinajstić information content (AvgIpc) is 2.59. The summed E-state index contributed by atoms with van der Waals surface area (Å²) in [6.45, 7) is 3.25. The molecule has 1 heterocycles. The molecule has 1 saturated heterocycles. The molecule has 2 rings (SSSR count). The standard InChI is InChI=1S/C16H21FN2O4/c1-11(16(21)18-9-15(20)22-2)19-7-8-23-14(10-19)12-3-5-13(17)6-4-12/h3-6,11,14H,7-10H2,1-2H3,(H,18,21)/t11-,14-/m0/s1. The van der Waals surface area contributed by atoms with Gasteiger partial charge in [-0.05, 0) is 24.6 Å². The van der Waals surface area contributed by atoms with Gasteiger partial charge in [-0.2, -0.15) is 0 Å². The second kappa shape index (κ2) is 8.03. The van der Waals surface area contributed by atoms with E-state index in [9.17, 15) is 14.0 Å². The summed E-state index contributed by atoms with van der Waals surface area (Å²) in [7, 11) is 1.27. The number of carbonyl (C=O) groups is 2. The van der Waals surface area contributed by atoms with Crippen LogP contribution in [0.4, 0.5) is 4.39 Å². The zero-order valence-electron chi connectivity index (χ0n) is 13.3. The van der Waals surface area contributed by atoms with E-state index < -0.39 is 12.0 Å². The average molecular weight is 324 g/mol. The number of nitrogens with zero attached hydrogens (tertiary/aromatic N) is 1. The summed E-state index contributed by atoms with van der Waals surface area (Å²) in [5, 5.41) is 2.55. The Morgan fingerprint density at radius 1 is 1.43 bits per heavy atom. The second-order valence-corrected chi connectivity index (χ2v) is 5.38. The van der Waals surface area contributed by atoms with E-state index >= 15 is 0 Å². The van der Waals surface area contributed by atoms with Gasteiger partial charge in [0.1, 0.15) is 12.4 Å². The van der Waals surface area contributed by atoms with Crippen LogP contribution in [-0.2, 0) is 19.1 Å². The van der Waals surface area contributed by atoms with Crippen molar-refractivity contribution in [3.05, 3.63) is 35.6 Å². The zero-order chi connectivity index (χ0) is 16.8. The van der Waals surface area contributed by atoms with Gasteiger partial charge in [0.2, 0.25) is 5.91 Å². The van der Waals surface area contributed by atoms with Gasteiger partial charge in [0.15, 0.2) is 0 Å². The predicted octanol–water partition coefficient (Wildman–Crippen LogP) is 0.877. The van der Waals surface area contributed by atoms with Crippen molar-refractivity contribution in [2.75, 3.05) is 33.4 Å². The molecule has 0 bridgehead atoms. The summed E-state index contributed by atoms with van der Waals surface area (Å²) in [6, 6.07) is 5.76. The van der Waals surface area contributed by atoms with E-state index in [0.717, 1.165) is 5.56 Å². The minimum atomic E-state index is -0.489. The number of rotatable bonds is 5. The molecule has 126 valence electrons. The SMILES string of the molecule is COC(=O)CNC(=O)[C@H](C)N1CCO[C@H](c2ccc(F)cc2)C1. The fourth-order valence-electron chi connectivity index (χ4n) is 2.45. The Morgan fingerprint density at radius 3 is 2.78 bits per heavy atom. The summed E-state index contributed by atoms with van der Waals surface area (Å²) < 4.78 is 23.2. The number of nitrogens with one attached hydrogen (secondary N) is 1. The number of carbonyl (C=O) groups excluding carboxylic acids is 2. The maximum atomic E-state index is 13.0. The molecular weight excluding hydrogens is 303 g/mol. The lowest BCUT2D eigenvalue weighted by Gasteiger charge is -2.36. The molecule has 1 aliphatic rings. The molecule has 1 aliphatic heterocycles. The van der Waals surface area contributed by atoms with Crippen LogP contribution in [0.1, 0.15) is 18.6 Å². The Bertz CT molecular complexity index is 550. The summed E-state index contributed by atoms with van der Waals surface area (Å²) in [5.41, 5.74) is 0.873. The number of methoxy groups -OCH3 is 1. The van der Waals surface area contributed by atoms with Crippen LogP contribution < -0.4 is 5.32 Å². The van der Waals surface area contributed by atoms with Gasteiger partial charge in [-0.3, -0.25) is 14.5 Å². The number of ether oxygens (including phenoxy) is 2. The molecule has 1 aromatic carbocycles. The molecule has 1 fully saturated rings. The molecule has 1 amide bonds. The first kappa shape index (κ1) is 17.4. The van der Waals surface area contributed by atoms with E-state index in [4.69, 9.17) is 4.74 Å². The molecular formula is C16H21FN2O4. The van der Waals surface area contributed by atoms with Crippen LogP contribution >= 0.6 is 0 Å². The molecule has 6 nitrogen and oxygen atoms in total. The minimum absolute atomic E-state index is 0.147. The van der Waals surface area contributed by atoms with Crippen molar-refractivity contribution < 1.29 is 23.5 Å². The molecule has 0 aliphatic carbocycles. The zero-order valence-corrected chi connectivity index (χ0v) is 13.3. The fraction of sp³-hybridized carbons (Fsp3) is 0.500. The molecule has 0 saturated carbocycles. The van der Waals surface area contributed by atoms with Gasteiger partial charge in [-0.1, -0.05) is 12.1 Å². The van der Waals surface area contributed by atoms with Crippen LogP contribution in [0.25, 0.3) is 0 Å². The van der Waals surface area contributed by atoms with E-state index in [0.29, 0.717) is 19.7 Å². The second-order valence-electron chi connectivity index (χ2n) is 5.38. The number of hydrogen-bond acceptors (Lipinski definition) is 5. The molecule has 7 heteroatoms. The van der Waals surface area contributed by atoms with Crippen molar-refractivity contribution in [2.45, 2.75) is 19.1 Å². The van der Waals surface area contributed by atoms with Crippen molar-refractivity contribution in [2.24, 2.45) is 0 Å². The van der Waals surface area contributed by atoms with Gasteiger partial charge < -0.3 is 14.8 Å². The Kier molecular flexibility index (Phi) is 6.06. The number of halogens is 1. The first-order chi connectivity index (χ1) is 11.0. The lowest BCUT2D eigenvalue weighted by atomic mass is 10.1. The third kappa shape index (κ3) is 4.74. The maximum Gasteiger partial charge on any atom is 0.325 e. The first-order valence-electron chi connectivity index (χ1n) is 7.47. The Morgan fingerprint density at radius 2 is 2.13 bits per heavy atom. The smallest absolute Gasteiger partial charge is 0.325 e. The monoisotopic (exact) mass is 324 g/mol. The third-order valence-corrected chi connectivity index (χ3v) is 3.90. The predicted molar refractivity (Wildman–Crippen MR) is 81.2 cm³/mol. The third-order valence-electron chi connectivity index (χ3n) is 3.90. The van der Waals surface area contributed by atoms with E-state index in [1.54, 1.807) is 19.1 Å². The van der Waals surface area contributed by atoms with Crippen LogP contribution in [0.5, 0.6) is 0 Å². The number of esters is 1. The van der Waals surface area contributed by atoms with Gasteiger partial charge in [-0.15, -0.1) is 0 Å². The highest BCUT2D eigenvalue weighted by molar-refractivity contribution is 5.85. The van der Waals surface area contributed by atoms with Crippen LogP contribution in [-0.4, -0.2) is 56.2 Å². The first-order valence-corrected chi connectivity index (χ1v) is 7.47. The minimum Gasteiger partial charge on any atom is -0.468 e. The summed E-state index contributed by atoms with van der Waals surface area (Å²) in [6.07, 6.45) is -0.208. The van der Waals surface area contributed by atoms with E-state index in [-0.39, 0.29) is 24.4 Å². The summed E-state index contributed by atoms with van der Waals surface area (Å²) >= 11 is 0. The molecule has 0 radical (unpaired) electrons. The van der Waals surface area contributed by atoms with Crippen molar-refractivity contribution in [1.82, 2.24) is 10.2 Å². The normalized spacial score (nSPS) is 19.9. The molecule has 2 atom stereocenters. The van der Waals surface area contributed by atoms with Gasteiger partial charge in [0.25, 0.3) is 0 Å². The quantitative estimate of drug-likeness (QED) is 0.814. The van der Waals surface area contributed by atoms with Gasteiger partial charge in [0, 0.05) is 13.1 Å². The number of hydrogen-bond donors (Lipinski definition) is 1. The van der Waals surface area contributed by atoms with Crippen LogP contribution in [0, 0.1) is 5.82 Å². The van der Waals surface area contributed by atoms with Crippen LogP contribution in [0.3, 0.4) is 0 Å². The lowest BCUT2D eigenvalue weighted by Crippen LogP contribution is -2.51. The fourth-order valence-corrected chi connectivity index (χ4v) is 2.45. The Balaban J connectivity index is 1.93. The highest BCUT2D eigenvalue weighted by Gasteiger charge is 2.28.